The van der Waals surface area contributed by atoms with Gasteiger partial charge in [-0.2, -0.15) is 0 Å². The zero-order valence-corrected chi connectivity index (χ0v) is 25.3. The minimum Gasteiger partial charge on any atom is -0.493 e. The van der Waals surface area contributed by atoms with Crippen LogP contribution in [0.25, 0.3) is 11.3 Å². The van der Waals surface area contributed by atoms with Crippen molar-refractivity contribution < 1.29 is 23.5 Å². The molecule has 0 aliphatic carbocycles. The van der Waals surface area contributed by atoms with Gasteiger partial charge in [-0.3, -0.25) is 19.0 Å². The van der Waals surface area contributed by atoms with Gasteiger partial charge in [-0.1, -0.05) is 50.2 Å². The SMILES string of the molecule is CNc1ncc(-c2ccccc2)n(CC(=O)N[C@H](C(=O)c2nnc(C(C)(C)c3ccc(OC)c(OC)c3)o2)C(C)C)c1=O. The molecule has 0 aliphatic rings. The van der Waals surface area contributed by atoms with Gasteiger partial charge in [0.15, 0.2) is 17.3 Å². The summed E-state index contributed by atoms with van der Waals surface area (Å²) in [5, 5.41) is 13.7. The van der Waals surface area contributed by atoms with E-state index in [0.29, 0.717) is 17.2 Å². The lowest BCUT2D eigenvalue weighted by atomic mass is 9.84. The zero-order valence-electron chi connectivity index (χ0n) is 25.3. The summed E-state index contributed by atoms with van der Waals surface area (Å²) >= 11 is 0. The van der Waals surface area contributed by atoms with Crippen LogP contribution in [0.3, 0.4) is 0 Å². The number of nitrogens with one attached hydrogen (secondary N) is 2. The number of hydrogen-bond donors (Lipinski definition) is 2. The molecule has 0 aliphatic heterocycles. The van der Waals surface area contributed by atoms with Crippen molar-refractivity contribution in [3.05, 3.63) is 82.4 Å². The summed E-state index contributed by atoms with van der Waals surface area (Å²) in [6.45, 7) is 7.02. The van der Waals surface area contributed by atoms with Crippen molar-refractivity contribution in [2.45, 2.75) is 45.7 Å². The molecule has 2 N–H and O–H groups in total. The minimum absolute atomic E-state index is 0.0967. The Labute approximate surface area is 249 Å². The number of carbonyl (C=O) groups is 2. The largest absolute Gasteiger partial charge is 0.493 e. The van der Waals surface area contributed by atoms with Gasteiger partial charge in [0.05, 0.1) is 37.6 Å². The molecule has 1 amide bonds. The van der Waals surface area contributed by atoms with Crippen molar-refractivity contribution in [3.8, 4) is 22.8 Å². The highest BCUT2D eigenvalue weighted by atomic mass is 16.5. The molecule has 0 spiro atoms. The van der Waals surface area contributed by atoms with Crippen LogP contribution in [0.5, 0.6) is 11.5 Å². The van der Waals surface area contributed by atoms with Crippen LogP contribution >= 0.6 is 0 Å². The van der Waals surface area contributed by atoms with E-state index in [1.165, 1.54) is 10.8 Å². The molecule has 43 heavy (non-hydrogen) atoms. The Hall–Kier alpha value is -5.00. The van der Waals surface area contributed by atoms with E-state index in [1.54, 1.807) is 41.2 Å². The second kappa shape index (κ2) is 12.9. The van der Waals surface area contributed by atoms with E-state index in [0.717, 1.165) is 11.1 Å². The van der Waals surface area contributed by atoms with Crippen LogP contribution in [0.2, 0.25) is 0 Å². The molecule has 0 saturated carbocycles. The summed E-state index contributed by atoms with van der Waals surface area (Å²) in [6.07, 6.45) is 1.53. The van der Waals surface area contributed by atoms with Gasteiger partial charge in [-0.05, 0) is 43.0 Å². The first kappa shape index (κ1) is 30.9. The third-order valence-corrected chi connectivity index (χ3v) is 7.20. The van der Waals surface area contributed by atoms with Crippen LogP contribution in [-0.2, 0) is 16.8 Å². The van der Waals surface area contributed by atoms with Crippen LogP contribution in [0, 0.1) is 5.92 Å². The fraction of sp³-hybridized carbons (Fsp3) is 0.355. The number of Topliss-reactive ketones (excluding diaryl/α,β-unsaturated/α-hetero) is 1. The molecule has 4 rings (SSSR count). The quantitative estimate of drug-likeness (QED) is 0.235. The van der Waals surface area contributed by atoms with Gasteiger partial charge < -0.3 is 24.5 Å². The Kier molecular flexibility index (Phi) is 9.27. The molecular weight excluding hydrogens is 552 g/mol. The van der Waals surface area contributed by atoms with E-state index in [4.69, 9.17) is 13.9 Å². The molecule has 1 atom stereocenters. The fourth-order valence-corrected chi connectivity index (χ4v) is 4.61. The number of ether oxygens (including phenoxy) is 2. The Morgan fingerprint density at radius 3 is 2.35 bits per heavy atom. The maximum atomic E-state index is 13.6. The average Bonchev–Trinajstić information content (AvgIpc) is 3.52. The average molecular weight is 589 g/mol. The van der Waals surface area contributed by atoms with Crippen molar-refractivity contribution in [1.82, 2.24) is 25.1 Å². The van der Waals surface area contributed by atoms with Gasteiger partial charge in [0.25, 0.3) is 11.4 Å². The minimum atomic E-state index is -0.980. The molecule has 4 aromatic rings. The molecule has 2 heterocycles. The standard InChI is InChI=1S/C31H36N6O6/c1-18(2)25(34-24(38)17-37-21(19-11-9-8-10-12-19)16-33-27(32-5)29(37)40)26(39)28-35-36-30(43-28)31(3,4)20-13-14-22(41-6)23(15-20)42-7/h8-16,18,25H,17H2,1-7H3,(H,32,33)(H,34,38)/t25-/m0/s1. The fourth-order valence-electron chi connectivity index (χ4n) is 4.61. The maximum Gasteiger partial charge on any atom is 0.294 e. The maximum absolute atomic E-state index is 13.6. The van der Waals surface area contributed by atoms with Crippen LogP contribution in [-0.4, -0.2) is 58.7 Å². The summed E-state index contributed by atoms with van der Waals surface area (Å²) in [5.74, 6) is -0.196. The number of hydrogen-bond acceptors (Lipinski definition) is 10. The number of nitrogens with zero attached hydrogens (tertiary/aromatic N) is 4. The van der Waals surface area contributed by atoms with E-state index in [1.807, 2.05) is 56.3 Å². The van der Waals surface area contributed by atoms with Crippen molar-refractivity contribution >= 4 is 17.5 Å². The molecule has 12 nitrogen and oxygen atoms in total. The van der Waals surface area contributed by atoms with E-state index in [-0.39, 0.29) is 30.1 Å². The Morgan fingerprint density at radius 1 is 1.02 bits per heavy atom. The third kappa shape index (κ3) is 6.42. The first-order chi connectivity index (χ1) is 20.5. The van der Waals surface area contributed by atoms with Gasteiger partial charge in [-0.25, -0.2) is 4.98 Å². The van der Waals surface area contributed by atoms with Gasteiger partial charge in [-0.15, -0.1) is 10.2 Å². The first-order valence-corrected chi connectivity index (χ1v) is 13.7. The Morgan fingerprint density at radius 2 is 1.72 bits per heavy atom. The highest BCUT2D eigenvalue weighted by Crippen LogP contribution is 2.36. The highest BCUT2D eigenvalue weighted by molar-refractivity contribution is 5.98. The summed E-state index contributed by atoms with van der Waals surface area (Å²) < 4.78 is 18.0. The molecule has 226 valence electrons. The second-order valence-electron chi connectivity index (χ2n) is 10.8. The lowest BCUT2D eigenvalue weighted by Gasteiger charge is -2.22. The number of carbonyl (C=O) groups excluding carboxylic acids is 2. The van der Waals surface area contributed by atoms with Crippen LogP contribution < -0.4 is 25.7 Å². The summed E-state index contributed by atoms with van der Waals surface area (Å²) in [6, 6.07) is 13.6. The van der Waals surface area contributed by atoms with Crippen LogP contribution in [0.15, 0.2) is 63.9 Å². The lowest BCUT2D eigenvalue weighted by molar-refractivity contribution is -0.122. The number of methoxy groups -OCH3 is 2. The van der Waals surface area contributed by atoms with Crippen molar-refractivity contribution in [2.24, 2.45) is 5.92 Å². The molecule has 0 fully saturated rings. The molecule has 0 saturated heterocycles. The van der Waals surface area contributed by atoms with E-state index < -0.39 is 28.7 Å². The van der Waals surface area contributed by atoms with Gasteiger partial charge in [0, 0.05) is 7.05 Å². The first-order valence-electron chi connectivity index (χ1n) is 13.7. The number of ketones is 1. The summed E-state index contributed by atoms with van der Waals surface area (Å²) in [5.41, 5.74) is 0.744. The van der Waals surface area contributed by atoms with Gasteiger partial charge in [0.2, 0.25) is 17.6 Å². The predicted molar refractivity (Wildman–Crippen MR) is 161 cm³/mol. The smallest absolute Gasteiger partial charge is 0.294 e. The van der Waals surface area contributed by atoms with Crippen molar-refractivity contribution in [1.29, 1.82) is 0 Å². The Bertz CT molecular complexity index is 1660. The van der Waals surface area contributed by atoms with E-state index in [9.17, 15) is 14.4 Å². The monoisotopic (exact) mass is 588 g/mol. The van der Waals surface area contributed by atoms with Crippen molar-refractivity contribution in [2.75, 3.05) is 26.6 Å². The molecule has 0 unspecified atom stereocenters. The van der Waals surface area contributed by atoms with Gasteiger partial charge in [0.1, 0.15) is 6.54 Å². The Balaban J connectivity index is 1.58. The second-order valence-corrected chi connectivity index (χ2v) is 10.8. The number of amides is 1. The molecule has 12 heteroatoms. The summed E-state index contributed by atoms with van der Waals surface area (Å²) in [7, 11) is 4.68. The number of benzene rings is 2. The molecule has 2 aromatic carbocycles. The predicted octanol–water partition coefficient (Wildman–Crippen LogP) is 3.70. The third-order valence-electron chi connectivity index (χ3n) is 7.20. The highest BCUT2D eigenvalue weighted by Gasteiger charge is 2.34. The molecule has 2 aromatic heterocycles. The van der Waals surface area contributed by atoms with Gasteiger partial charge >= 0.3 is 0 Å². The van der Waals surface area contributed by atoms with Crippen LogP contribution in [0.4, 0.5) is 5.82 Å². The summed E-state index contributed by atoms with van der Waals surface area (Å²) in [4.78, 5) is 44.2. The molecular formula is C31H36N6O6. The van der Waals surface area contributed by atoms with E-state index in [2.05, 4.69) is 25.8 Å². The van der Waals surface area contributed by atoms with Crippen molar-refractivity contribution in [3.63, 3.8) is 0 Å². The normalized spacial score (nSPS) is 12.1. The van der Waals surface area contributed by atoms with Crippen LogP contribution in [0.1, 0.15) is 49.8 Å². The number of anilines is 1. The lowest BCUT2D eigenvalue weighted by Crippen LogP contribution is -2.46. The topological polar surface area (TPSA) is 150 Å². The number of rotatable bonds is 12. The molecule has 0 bridgehead atoms. The van der Waals surface area contributed by atoms with E-state index >= 15 is 0 Å². The molecule has 0 radical (unpaired) electrons. The zero-order chi connectivity index (χ0) is 31.3. The number of aromatic nitrogens is 4.